The Hall–Kier alpha value is -2.35. The van der Waals surface area contributed by atoms with E-state index in [4.69, 9.17) is 22.1 Å². The number of ether oxygens (including phenoxy) is 1. The first-order chi connectivity index (χ1) is 17.2. The smallest absolute Gasteiger partial charge is 0.330 e. The van der Waals surface area contributed by atoms with Gasteiger partial charge in [-0.25, -0.2) is 17.5 Å². The number of hydrogen-bond acceptors (Lipinski definition) is 5. The number of carbonyl (C=O) groups excluding carboxylic acids is 1. The molecule has 8 heteroatoms. The fraction of sp³-hybridized carbons (Fsp3) is 0.464. The van der Waals surface area contributed by atoms with Crippen LogP contribution in [0.2, 0.25) is 5.02 Å². The van der Waals surface area contributed by atoms with Crippen LogP contribution >= 0.6 is 11.6 Å². The minimum Gasteiger partial charge on any atom is -0.463 e. The maximum Gasteiger partial charge on any atom is 0.330 e. The van der Waals surface area contributed by atoms with Crippen molar-refractivity contribution < 1.29 is 17.9 Å². The molecule has 1 aromatic rings. The number of rotatable bonds is 8. The van der Waals surface area contributed by atoms with E-state index < -0.39 is 10.0 Å². The molecule has 0 spiro atoms. The van der Waals surface area contributed by atoms with E-state index >= 15 is 0 Å². The summed E-state index contributed by atoms with van der Waals surface area (Å²) in [7, 11) is -3.19. The van der Waals surface area contributed by atoms with E-state index in [2.05, 4.69) is 18.2 Å². The highest BCUT2D eigenvalue weighted by atomic mass is 35.5. The highest BCUT2D eigenvalue weighted by molar-refractivity contribution is 7.88. The molecule has 1 atom stereocenters. The van der Waals surface area contributed by atoms with Crippen LogP contribution in [0.25, 0.3) is 5.57 Å². The van der Waals surface area contributed by atoms with Crippen LogP contribution in [-0.2, 0) is 19.6 Å². The zero-order valence-corrected chi connectivity index (χ0v) is 22.7. The number of piperidine rings is 1. The van der Waals surface area contributed by atoms with Crippen molar-refractivity contribution in [2.45, 2.75) is 51.4 Å². The van der Waals surface area contributed by atoms with E-state index in [-0.39, 0.29) is 11.9 Å². The number of nitrogens with zero attached hydrogens (tertiary/aromatic N) is 1. The Labute approximate surface area is 220 Å². The Morgan fingerprint density at radius 3 is 2.67 bits per heavy atom. The topological polar surface area (TPSA) is 89.7 Å². The summed E-state index contributed by atoms with van der Waals surface area (Å²) in [6, 6.07) is 5.98. The van der Waals surface area contributed by atoms with Gasteiger partial charge in [-0.15, -0.1) is 0 Å². The highest BCUT2D eigenvalue weighted by Gasteiger charge is 2.33. The maximum atomic E-state index is 12.1. The molecule has 1 aliphatic heterocycles. The van der Waals surface area contributed by atoms with Gasteiger partial charge in [0.25, 0.3) is 0 Å². The molecular formula is C28H37ClN2O4S. The lowest BCUT2D eigenvalue weighted by Crippen LogP contribution is -2.39. The lowest BCUT2D eigenvalue weighted by atomic mass is 9.73. The number of sulfonamides is 1. The zero-order chi connectivity index (χ0) is 26.1. The average molecular weight is 533 g/mol. The Morgan fingerprint density at radius 2 is 2.00 bits per heavy atom. The second kappa shape index (κ2) is 13.3. The van der Waals surface area contributed by atoms with Gasteiger partial charge >= 0.3 is 5.97 Å². The second-order valence-electron chi connectivity index (χ2n) is 9.36. The minimum atomic E-state index is -3.19. The molecule has 2 N–H and O–H groups in total. The molecule has 0 saturated carbocycles. The molecule has 2 aliphatic rings. The summed E-state index contributed by atoms with van der Waals surface area (Å²) in [4.78, 5) is 12.1. The van der Waals surface area contributed by atoms with Crippen LogP contribution in [0.3, 0.4) is 0 Å². The van der Waals surface area contributed by atoms with Crippen LogP contribution in [-0.4, -0.2) is 44.6 Å². The van der Waals surface area contributed by atoms with Gasteiger partial charge in [0.15, 0.2) is 0 Å². The number of allylic oxidation sites excluding steroid dienone is 6. The number of fused-ring (bicyclic) bond motifs is 1. The molecule has 0 aromatic heterocycles. The van der Waals surface area contributed by atoms with Gasteiger partial charge in [-0.05, 0) is 98.4 Å². The number of benzene rings is 1. The summed E-state index contributed by atoms with van der Waals surface area (Å²) in [5.41, 5.74) is 9.97. The molecular weight excluding hydrogens is 496 g/mol. The zero-order valence-electron chi connectivity index (χ0n) is 21.2. The van der Waals surface area contributed by atoms with Gasteiger partial charge in [-0.3, -0.25) is 0 Å². The third-order valence-electron chi connectivity index (χ3n) is 6.92. The van der Waals surface area contributed by atoms with Crippen LogP contribution in [0.15, 0.2) is 60.4 Å². The molecule has 1 aromatic carbocycles. The largest absolute Gasteiger partial charge is 0.463 e. The van der Waals surface area contributed by atoms with E-state index in [1.807, 2.05) is 24.3 Å². The number of halogens is 1. The number of unbranched alkanes of at least 4 members (excludes halogenated alkanes) is 1. The summed E-state index contributed by atoms with van der Waals surface area (Å²) in [5.74, 6) is 0.177. The summed E-state index contributed by atoms with van der Waals surface area (Å²) < 4.78 is 30.8. The van der Waals surface area contributed by atoms with Crippen molar-refractivity contribution in [2.24, 2.45) is 11.7 Å². The van der Waals surface area contributed by atoms with Crippen LogP contribution < -0.4 is 5.73 Å². The first-order valence-corrected chi connectivity index (χ1v) is 14.8. The molecule has 0 radical (unpaired) electrons. The standard InChI is InChI=1S/C28H37ClN2O4S/c1-3-35-28(32)13-10-22-9-8-21(7-5-4-6-16-30)19-26(25-12-11-24(29)20-27(22)25)23-14-17-31(18-15-23)36(2,33)34/h6-7,9-13,16,20,23,26H,3-5,8,14-15,17-19,30H2,1-2H3/b13-10+,16-6-,21-7-,22-9-. The normalized spacial score (nSPS) is 22.8. The highest BCUT2D eigenvalue weighted by Crippen LogP contribution is 2.43. The van der Waals surface area contributed by atoms with E-state index in [1.54, 1.807) is 17.4 Å². The third-order valence-corrected chi connectivity index (χ3v) is 8.45. The fourth-order valence-corrected chi connectivity index (χ4v) is 6.16. The number of carbonyl (C=O) groups is 1. The summed E-state index contributed by atoms with van der Waals surface area (Å²) in [6.07, 6.45) is 17.6. The van der Waals surface area contributed by atoms with Crippen molar-refractivity contribution in [1.29, 1.82) is 0 Å². The monoisotopic (exact) mass is 532 g/mol. The van der Waals surface area contributed by atoms with Gasteiger partial charge in [0.05, 0.1) is 12.9 Å². The molecule has 1 fully saturated rings. The third kappa shape index (κ3) is 7.82. The van der Waals surface area contributed by atoms with Gasteiger partial charge in [0, 0.05) is 24.2 Å². The van der Waals surface area contributed by atoms with Gasteiger partial charge in [0.1, 0.15) is 0 Å². The lowest BCUT2D eigenvalue weighted by molar-refractivity contribution is -0.137. The Kier molecular flexibility index (Phi) is 10.4. The predicted molar refractivity (Wildman–Crippen MR) is 147 cm³/mol. The molecule has 3 rings (SSSR count). The first kappa shape index (κ1) is 28.2. The summed E-state index contributed by atoms with van der Waals surface area (Å²) in [5, 5.41) is 0.639. The van der Waals surface area contributed by atoms with E-state index in [9.17, 15) is 13.2 Å². The fourth-order valence-electron chi connectivity index (χ4n) is 5.11. The predicted octanol–water partition coefficient (Wildman–Crippen LogP) is 5.57. The molecule has 1 aliphatic carbocycles. The van der Waals surface area contributed by atoms with E-state index in [1.165, 1.54) is 23.5 Å². The van der Waals surface area contributed by atoms with Gasteiger partial charge in [0.2, 0.25) is 10.0 Å². The molecule has 36 heavy (non-hydrogen) atoms. The van der Waals surface area contributed by atoms with Crippen LogP contribution in [0.5, 0.6) is 0 Å². The molecule has 6 nitrogen and oxygen atoms in total. The van der Waals surface area contributed by atoms with Crippen molar-refractivity contribution in [3.63, 3.8) is 0 Å². The first-order valence-electron chi connectivity index (χ1n) is 12.6. The average Bonchev–Trinajstić information content (AvgIpc) is 2.83. The maximum absolute atomic E-state index is 12.1. The van der Waals surface area contributed by atoms with Crippen LogP contribution in [0.1, 0.15) is 62.5 Å². The molecule has 196 valence electrons. The van der Waals surface area contributed by atoms with E-state index in [0.717, 1.165) is 49.7 Å². The Bertz CT molecular complexity index is 1150. The second-order valence-corrected chi connectivity index (χ2v) is 11.8. The van der Waals surface area contributed by atoms with Crippen molar-refractivity contribution in [1.82, 2.24) is 4.31 Å². The molecule has 1 heterocycles. The number of esters is 1. The minimum absolute atomic E-state index is 0.218. The van der Waals surface area contributed by atoms with Crippen LogP contribution in [0.4, 0.5) is 0 Å². The van der Waals surface area contributed by atoms with Gasteiger partial charge in [-0.2, -0.15) is 0 Å². The molecule has 0 amide bonds. The number of hydrogen-bond donors (Lipinski definition) is 1. The van der Waals surface area contributed by atoms with Gasteiger partial charge in [-0.1, -0.05) is 41.5 Å². The molecule has 1 unspecified atom stereocenters. The Morgan fingerprint density at radius 1 is 1.25 bits per heavy atom. The lowest BCUT2D eigenvalue weighted by Gasteiger charge is -2.37. The summed E-state index contributed by atoms with van der Waals surface area (Å²) in [6.45, 7) is 3.18. The quantitative estimate of drug-likeness (QED) is 0.204. The molecule has 0 bridgehead atoms. The molecule has 1 saturated heterocycles. The van der Waals surface area contributed by atoms with Crippen molar-refractivity contribution >= 4 is 33.2 Å². The van der Waals surface area contributed by atoms with Crippen molar-refractivity contribution in [3.8, 4) is 0 Å². The SMILES string of the molecule is CCOC(=O)/C=C/C1=C/C/C(=C/CC/C=C\N)CC(C2CCN(S(C)(=O)=O)CC2)c2ccc(Cl)cc21. The summed E-state index contributed by atoms with van der Waals surface area (Å²) >= 11 is 6.43. The Balaban J connectivity index is 2.01. The number of nitrogens with two attached hydrogens (primary N) is 1. The van der Waals surface area contributed by atoms with Crippen molar-refractivity contribution in [3.05, 3.63) is 76.5 Å². The van der Waals surface area contributed by atoms with Crippen LogP contribution in [0, 0.1) is 5.92 Å². The van der Waals surface area contributed by atoms with Gasteiger partial charge < -0.3 is 10.5 Å². The van der Waals surface area contributed by atoms with E-state index in [0.29, 0.717) is 30.6 Å². The van der Waals surface area contributed by atoms with Crippen molar-refractivity contribution in [2.75, 3.05) is 26.0 Å².